The van der Waals surface area contributed by atoms with Crippen LogP contribution in [0.3, 0.4) is 0 Å². The van der Waals surface area contributed by atoms with Crippen molar-refractivity contribution in [3.8, 4) is 0 Å². The summed E-state index contributed by atoms with van der Waals surface area (Å²) in [6.07, 6.45) is 1.27. The maximum absolute atomic E-state index is 7.13. The van der Waals surface area contributed by atoms with Crippen molar-refractivity contribution in [2.24, 2.45) is 5.73 Å². The molecule has 0 spiro atoms. The van der Waals surface area contributed by atoms with E-state index in [0.29, 0.717) is 18.6 Å². The van der Waals surface area contributed by atoms with Crippen LogP contribution in [0.15, 0.2) is 0 Å². The van der Waals surface area contributed by atoms with Crippen molar-refractivity contribution in [1.82, 2.24) is 4.90 Å². The lowest BCUT2D eigenvalue weighted by Crippen LogP contribution is -2.46. The van der Waals surface area contributed by atoms with Gasteiger partial charge in [-0.05, 0) is 13.8 Å². The highest BCUT2D eigenvalue weighted by molar-refractivity contribution is 5.85. The van der Waals surface area contributed by atoms with Crippen LogP contribution in [0.4, 0.5) is 0 Å². The molecular formula is C9H20ClN3O. The van der Waals surface area contributed by atoms with Crippen LogP contribution in [-0.4, -0.2) is 42.6 Å². The monoisotopic (exact) mass is 221 g/mol. The Morgan fingerprint density at radius 2 is 1.93 bits per heavy atom. The summed E-state index contributed by atoms with van der Waals surface area (Å²) in [5.74, 6) is 0.270. The second kappa shape index (κ2) is 6.22. The van der Waals surface area contributed by atoms with Crippen LogP contribution in [-0.2, 0) is 4.74 Å². The number of hydrogen-bond acceptors (Lipinski definition) is 3. The molecular weight excluding hydrogens is 202 g/mol. The van der Waals surface area contributed by atoms with Crippen molar-refractivity contribution < 1.29 is 4.74 Å². The van der Waals surface area contributed by atoms with Crippen LogP contribution in [0.5, 0.6) is 0 Å². The second-order valence-electron chi connectivity index (χ2n) is 3.79. The summed E-state index contributed by atoms with van der Waals surface area (Å²) in [6, 6.07) is 0. The Bertz CT molecular complexity index is 179. The average Bonchev–Trinajstić information content (AvgIpc) is 1.99. The average molecular weight is 222 g/mol. The van der Waals surface area contributed by atoms with E-state index in [1.807, 2.05) is 0 Å². The summed E-state index contributed by atoms with van der Waals surface area (Å²) in [6.45, 7) is 6.95. The molecule has 0 saturated carbocycles. The molecule has 84 valence electrons. The molecule has 0 aromatic heterocycles. The maximum Gasteiger partial charge on any atom is 0.0918 e. The zero-order chi connectivity index (χ0) is 9.84. The summed E-state index contributed by atoms with van der Waals surface area (Å²) in [5.41, 5.74) is 5.30. The first-order valence-corrected chi connectivity index (χ1v) is 4.78. The SMILES string of the molecule is CC1CN(CCC(=N)N)CC(C)O1.Cl. The largest absolute Gasteiger partial charge is 0.388 e. The topological polar surface area (TPSA) is 62.3 Å². The van der Waals surface area contributed by atoms with Gasteiger partial charge in [-0.25, -0.2) is 0 Å². The van der Waals surface area contributed by atoms with E-state index in [0.717, 1.165) is 19.6 Å². The van der Waals surface area contributed by atoms with E-state index in [1.165, 1.54) is 0 Å². The zero-order valence-electron chi connectivity index (χ0n) is 8.82. The van der Waals surface area contributed by atoms with Crippen LogP contribution < -0.4 is 5.73 Å². The van der Waals surface area contributed by atoms with E-state index in [1.54, 1.807) is 0 Å². The van der Waals surface area contributed by atoms with Gasteiger partial charge in [0.2, 0.25) is 0 Å². The van der Waals surface area contributed by atoms with E-state index in [-0.39, 0.29) is 18.2 Å². The van der Waals surface area contributed by atoms with Gasteiger partial charge in [0.05, 0.1) is 18.0 Å². The lowest BCUT2D eigenvalue weighted by molar-refractivity contribution is -0.0671. The third-order valence-electron chi connectivity index (χ3n) is 2.19. The fourth-order valence-corrected chi connectivity index (χ4v) is 1.75. The molecule has 14 heavy (non-hydrogen) atoms. The molecule has 1 rings (SSSR count). The standard InChI is InChI=1S/C9H19N3O.ClH/c1-7-5-12(4-3-9(10)11)6-8(2)13-7;/h7-8H,3-6H2,1-2H3,(H3,10,11);1H. The van der Waals surface area contributed by atoms with Crippen LogP contribution in [0.1, 0.15) is 20.3 Å². The maximum atomic E-state index is 7.13. The molecule has 4 nitrogen and oxygen atoms in total. The number of halogens is 1. The smallest absolute Gasteiger partial charge is 0.0918 e. The van der Waals surface area contributed by atoms with Crippen molar-refractivity contribution >= 4 is 18.2 Å². The summed E-state index contributed by atoms with van der Waals surface area (Å²) in [4.78, 5) is 2.31. The van der Waals surface area contributed by atoms with Gasteiger partial charge in [0.1, 0.15) is 0 Å². The molecule has 1 saturated heterocycles. The van der Waals surface area contributed by atoms with E-state index >= 15 is 0 Å². The molecule has 1 aliphatic rings. The Morgan fingerprint density at radius 1 is 1.43 bits per heavy atom. The summed E-state index contributed by atoms with van der Waals surface area (Å²) in [7, 11) is 0. The van der Waals surface area contributed by atoms with Gasteiger partial charge in [-0.15, -0.1) is 12.4 Å². The summed E-state index contributed by atoms with van der Waals surface area (Å²) in [5, 5.41) is 7.13. The van der Waals surface area contributed by atoms with Gasteiger partial charge in [-0.1, -0.05) is 0 Å². The Hall–Kier alpha value is -0.320. The first-order chi connectivity index (χ1) is 6.08. The summed E-state index contributed by atoms with van der Waals surface area (Å²) < 4.78 is 5.60. The number of rotatable bonds is 3. The number of morpholine rings is 1. The molecule has 5 heteroatoms. The highest BCUT2D eigenvalue weighted by atomic mass is 35.5. The number of ether oxygens (including phenoxy) is 1. The van der Waals surface area contributed by atoms with Crippen molar-refractivity contribution in [2.75, 3.05) is 19.6 Å². The number of nitrogens with two attached hydrogens (primary N) is 1. The van der Waals surface area contributed by atoms with Crippen molar-refractivity contribution in [3.63, 3.8) is 0 Å². The van der Waals surface area contributed by atoms with Gasteiger partial charge in [-0.3, -0.25) is 10.3 Å². The molecule has 1 fully saturated rings. The van der Waals surface area contributed by atoms with Crippen molar-refractivity contribution in [3.05, 3.63) is 0 Å². The quantitative estimate of drug-likeness (QED) is 0.549. The first kappa shape index (κ1) is 13.7. The number of hydrogen-bond donors (Lipinski definition) is 2. The number of nitrogens with zero attached hydrogens (tertiary/aromatic N) is 1. The van der Waals surface area contributed by atoms with E-state index in [9.17, 15) is 0 Å². The van der Waals surface area contributed by atoms with Crippen LogP contribution >= 0.6 is 12.4 Å². The molecule has 2 atom stereocenters. The fraction of sp³-hybridized carbons (Fsp3) is 0.889. The van der Waals surface area contributed by atoms with Crippen LogP contribution in [0, 0.1) is 5.41 Å². The van der Waals surface area contributed by atoms with Gasteiger partial charge in [0.25, 0.3) is 0 Å². The van der Waals surface area contributed by atoms with E-state index in [4.69, 9.17) is 15.9 Å². The van der Waals surface area contributed by atoms with Gasteiger partial charge in [0.15, 0.2) is 0 Å². The Balaban J connectivity index is 0.00000169. The normalized spacial score (nSPS) is 28.1. The molecule has 0 bridgehead atoms. The molecule has 0 amide bonds. The van der Waals surface area contributed by atoms with Crippen LogP contribution in [0.25, 0.3) is 0 Å². The minimum Gasteiger partial charge on any atom is -0.388 e. The third-order valence-corrected chi connectivity index (χ3v) is 2.19. The predicted octanol–water partition coefficient (Wildman–Crippen LogP) is 0.843. The lowest BCUT2D eigenvalue weighted by atomic mass is 10.2. The highest BCUT2D eigenvalue weighted by Gasteiger charge is 2.21. The minimum atomic E-state index is 0. The molecule has 3 N–H and O–H groups in total. The molecule has 0 aromatic rings. The molecule has 1 aliphatic heterocycles. The molecule has 2 unspecified atom stereocenters. The fourth-order valence-electron chi connectivity index (χ4n) is 1.75. The number of amidine groups is 1. The van der Waals surface area contributed by atoms with Crippen LogP contribution in [0.2, 0.25) is 0 Å². The minimum absolute atomic E-state index is 0. The van der Waals surface area contributed by atoms with Gasteiger partial charge in [-0.2, -0.15) is 0 Å². The second-order valence-corrected chi connectivity index (χ2v) is 3.79. The van der Waals surface area contributed by atoms with E-state index in [2.05, 4.69) is 18.7 Å². The Kier molecular flexibility index (Phi) is 6.08. The Morgan fingerprint density at radius 3 is 2.36 bits per heavy atom. The van der Waals surface area contributed by atoms with Gasteiger partial charge in [0, 0.05) is 26.1 Å². The zero-order valence-corrected chi connectivity index (χ0v) is 9.64. The first-order valence-electron chi connectivity index (χ1n) is 4.78. The summed E-state index contributed by atoms with van der Waals surface area (Å²) >= 11 is 0. The van der Waals surface area contributed by atoms with E-state index < -0.39 is 0 Å². The predicted molar refractivity (Wildman–Crippen MR) is 60.2 cm³/mol. The molecule has 1 heterocycles. The lowest BCUT2D eigenvalue weighted by Gasteiger charge is -2.35. The molecule has 0 radical (unpaired) electrons. The van der Waals surface area contributed by atoms with Crippen molar-refractivity contribution in [1.29, 1.82) is 5.41 Å². The number of nitrogens with one attached hydrogen (secondary N) is 1. The van der Waals surface area contributed by atoms with Crippen molar-refractivity contribution in [2.45, 2.75) is 32.5 Å². The molecule has 0 aromatic carbocycles. The highest BCUT2D eigenvalue weighted by Crippen LogP contribution is 2.10. The third kappa shape index (κ3) is 4.79. The van der Waals surface area contributed by atoms with Gasteiger partial charge >= 0.3 is 0 Å². The van der Waals surface area contributed by atoms with Gasteiger partial charge < -0.3 is 10.5 Å². The Labute approximate surface area is 91.7 Å². The molecule has 0 aliphatic carbocycles.